The van der Waals surface area contributed by atoms with E-state index in [2.05, 4.69) is 0 Å². The lowest BCUT2D eigenvalue weighted by molar-refractivity contribution is 0.339. The summed E-state index contributed by atoms with van der Waals surface area (Å²) >= 11 is 6.00. The van der Waals surface area contributed by atoms with Gasteiger partial charge in [-0.1, -0.05) is 23.7 Å². The van der Waals surface area contributed by atoms with Gasteiger partial charge in [-0.3, -0.25) is 0 Å². The van der Waals surface area contributed by atoms with Crippen LogP contribution >= 0.6 is 11.6 Å². The van der Waals surface area contributed by atoms with Crippen LogP contribution in [0.4, 0.5) is 14.5 Å². The molecule has 0 unspecified atom stereocenters. The first kappa shape index (κ1) is 21.5. The van der Waals surface area contributed by atoms with Crippen molar-refractivity contribution in [2.24, 2.45) is 0 Å². The van der Waals surface area contributed by atoms with E-state index < -0.39 is 21.8 Å². The largest absolute Gasteiger partial charge is 0.368 e. The van der Waals surface area contributed by atoms with Gasteiger partial charge >= 0.3 is 0 Å². The summed E-state index contributed by atoms with van der Waals surface area (Å²) in [5.41, 5.74) is 0.489. The highest BCUT2D eigenvalue weighted by molar-refractivity contribution is 7.86. The minimum atomic E-state index is -3.85. The average molecular weight is 441 g/mol. The fourth-order valence-corrected chi connectivity index (χ4v) is 4.77. The third-order valence-electron chi connectivity index (χ3n) is 4.85. The summed E-state index contributed by atoms with van der Waals surface area (Å²) < 4.78 is 56.0. The zero-order valence-corrected chi connectivity index (χ0v) is 17.2. The molecule has 0 aliphatic carbocycles. The van der Waals surface area contributed by atoms with E-state index in [1.807, 2.05) is 6.07 Å². The van der Waals surface area contributed by atoms with Crippen molar-refractivity contribution in [1.29, 1.82) is 5.26 Å². The Kier molecular flexibility index (Phi) is 6.39. The summed E-state index contributed by atoms with van der Waals surface area (Å²) in [7, 11) is -2.48. The molecule has 3 rings (SSSR count). The van der Waals surface area contributed by atoms with E-state index in [1.165, 1.54) is 41.7 Å². The third kappa shape index (κ3) is 4.36. The Bertz CT molecular complexity index is 1030. The van der Waals surface area contributed by atoms with Crippen molar-refractivity contribution in [3.8, 4) is 6.07 Å². The number of rotatable bonds is 5. The normalized spacial score (nSPS) is 15.5. The van der Waals surface area contributed by atoms with Crippen LogP contribution in [0, 0.1) is 23.0 Å². The molecule has 2 aromatic carbocycles. The summed E-state index contributed by atoms with van der Waals surface area (Å²) in [5, 5.41) is 9.36. The molecule has 0 aromatic heterocycles. The number of anilines is 1. The summed E-state index contributed by atoms with van der Waals surface area (Å²) in [6.45, 7) is 0.700. The molecule has 0 amide bonds. The van der Waals surface area contributed by atoms with Gasteiger partial charge in [0.05, 0.1) is 5.69 Å². The zero-order chi connectivity index (χ0) is 21.2. The lowest BCUT2D eigenvalue weighted by atomic mass is 10.1. The van der Waals surface area contributed by atoms with E-state index in [0.717, 1.165) is 4.31 Å². The van der Waals surface area contributed by atoms with Crippen LogP contribution in [0.5, 0.6) is 0 Å². The van der Waals surface area contributed by atoms with E-state index in [-0.39, 0.29) is 35.8 Å². The molecule has 1 fully saturated rings. The number of nitriles is 1. The Morgan fingerprint density at radius 2 is 1.72 bits per heavy atom. The maximum absolute atomic E-state index is 14.0. The smallest absolute Gasteiger partial charge is 0.282 e. The highest BCUT2D eigenvalue weighted by Gasteiger charge is 2.32. The molecule has 6 nitrogen and oxygen atoms in total. The molecular formula is C19H19ClF2N4O2S. The minimum absolute atomic E-state index is 0.0601. The third-order valence-corrected chi connectivity index (χ3v) is 7.13. The number of hydrogen-bond acceptors (Lipinski definition) is 4. The first-order valence-electron chi connectivity index (χ1n) is 8.83. The molecule has 2 aromatic rings. The summed E-state index contributed by atoms with van der Waals surface area (Å²) in [6.07, 6.45) is 0. The van der Waals surface area contributed by atoms with Gasteiger partial charge in [0.25, 0.3) is 10.2 Å². The first-order chi connectivity index (χ1) is 13.8. The molecule has 10 heteroatoms. The van der Waals surface area contributed by atoms with E-state index in [4.69, 9.17) is 11.6 Å². The quantitative estimate of drug-likeness (QED) is 0.716. The average Bonchev–Trinajstić information content (AvgIpc) is 2.70. The van der Waals surface area contributed by atoms with Crippen LogP contribution in [0.3, 0.4) is 0 Å². The Labute approximate surface area is 173 Å². The standard InChI is InChI=1S/C19H19ClF2N4O2S/c1-24(13-15-16(20)4-2-5-18(15)22)29(27,28)26-10-8-25(9-11-26)19-7-3-6-17(21)14(19)12-23/h2-7H,8-11,13H2,1H3. The van der Waals surface area contributed by atoms with Gasteiger partial charge in [0.1, 0.15) is 23.3 Å². The maximum atomic E-state index is 14.0. The Morgan fingerprint density at radius 1 is 1.10 bits per heavy atom. The Balaban J connectivity index is 1.71. The molecule has 0 spiro atoms. The zero-order valence-electron chi connectivity index (χ0n) is 15.6. The molecule has 1 aliphatic rings. The molecule has 0 N–H and O–H groups in total. The van der Waals surface area contributed by atoms with Crippen LogP contribution < -0.4 is 4.90 Å². The lowest BCUT2D eigenvalue weighted by Crippen LogP contribution is -2.52. The van der Waals surface area contributed by atoms with Crippen molar-refractivity contribution >= 4 is 27.5 Å². The van der Waals surface area contributed by atoms with Gasteiger partial charge < -0.3 is 4.90 Å². The first-order valence-corrected chi connectivity index (χ1v) is 10.6. The predicted octanol–water partition coefficient (Wildman–Crippen LogP) is 2.99. The molecule has 1 aliphatic heterocycles. The van der Waals surface area contributed by atoms with Gasteiger partial charge in [-0.15, -0.1) is 0 Å². The summed E-state index contributed by atoms with van der Waals surface area (Å²) in [5.74, 6) is -1.18. The number of hydrogen-bond donors (Lipinski definition) is 0. The van der Waals surface area contributed by atoms with Gasteiger partial charge in [0, 0.05) is 50.4 Å². The number of halogens is 3. The van der Waals surface area contributed by atoms with Crippen molar-refractivity contribution in [3.05, 3.63) is 64.2 Å². The fraction of sp³-hybridized carbons (Fsp3) is 0.316. The SMILES string of the molecule is CN(Cc1c(F)cccc1Cl)S(=O)(=O)N1CCN(c2cccc(F)c2C#N)CC1. The predicted molar refractivity (Wildman–Crippen MR) is 107 cm³/mol. The Morgan fingerprint density at radius 3 is 2.34 bits per heavy atom. The molecule has 0 radical (unpaired) electrons. The van der Waals surface area contributed by atoms with Crippen molar-refractivity contribution in [2.45, 2.75) is 6.54 Å². The summed E-state index contributed by atoms with van der Waals surface area (Å²) in [4.78, 5) is 1.78. The van der Waals surface area contributed by atoms with Crippen LogP contribution in [0.15, 0.2) is 36.4 Å². The van der Waals surface area contributed by atoms with E-state index in [1.54, 1.807) is 11.0 Å². The van der Waals surface area contributed by atoms with Gasteiger partial charge in [-0.25, -0.2) is 8.78 Å². The van der Waals surface area contributed by atoms with Gasteiger partial charge in [0.2, 0.25) is 0 Å². The molecular weight excluding hydrogens is 422 g/mol. The van der Waals surface area contributed by atoms with Gasteiger partial charge in [-0.05, 0) is 24.3 Å². The molecule has 154 valence electrons. The molecule has 29 heavy (non-hydrogen) atoms. The van der Waals surface area contributed by atoms with Gasteiger partial charge in [0.15, 0.2) is 0 Å². The van der Waals surface area contributed by atoms with E-state index in [0.29, 0.717) is 18.8 Å². The van der Waals surface area contributed by atoms with Crippen LogP contribution in [-0.4, -0.2) is 50.3 Å². The fourth-order valence-electron chi connectivity index (χ4n) is 3.23. The van der Waals surface area contributed by atoms with Crippen molar-refractivity contribution in [1.82, 2.24) is 8.61 Å². The number of piperazine rings is 1. The maximum Gasteiger partial charge on any atom is 0.282 e. The second kappa shape index (κ2) is 8.63. The van der Waals surface area contributed by atoms with Gasteiger partial charge in [-0.2, -0.15) is 22.3 Å². The molecule has 0 bridgehead atoms. The molecule has 0 saturated carbocycles. The molecule has 1 heterocycles. The minimum Gasteiger partial charge on any atom is -0.368 e. The number of benzene rings is 2. The second-order valence-electron chi connectivity index (χ2n) is 6.60. The van der Waals surface area contributed by atoms with E-state index in [9.17, 15) is 22.5 Å². The monoisotopic (exact) mass is 440 g/mol. The van der Waals surface area contributed by atoms with Crippen molar-refractivity contribution in [3.63, 3.8) is 0 Å². The van der Waals surface area contributed by atoms with Crippen molar-refractivity contribution in [2.75, 3.05) is 38.1 Å². The van der Waals surface area contributed by atoms with Crippen LogP contribution in [0.25, 0.3) is 0 Å². The van der Waals surface area contributed by atoms with Crippen LogP contribution in [0.2, 0.25) is 5.02 Å². The highest BCUT2D eigenvalue weighted by Crippen LogP contribution is 2.26. The Hall–Kier alpha value is -2.25. The second-order valence-corrected chi connectivity index (χ2v) is 9.04. The number of nitrogens with zero attached hydrogens (tertiary/aromatic N) is 4. The van der Waals surface area contributed by atoms with Crippen LogP contribution in [0.1, 0.15) is 11.1 Å². The molecule has 0 atom stereocenters. The van der Waals surface area contributed by atoms with E-state index >= 15 is 0 Å². The van der Waals surface area contributed by atoms with Crippen LogP contribution in [-0.2, 0) is 16.8 Å². The lowest BCUT2D eigenvalue weighted by Gasteiger charge is -2.37. The highest BCUT2D eigenvalue weighted by atomic mass is 35.5. The van der Waals surface area contributed by atoms with Crippen molar-refractivity contribution < 1.29 is 17.2 Å². The summed E-state index contributed by atoms with van der Waals surface area (Å²) in [6, 6.07) is 10.4. The molecule has 1 saturated heterocycles. The topological polar surface area (TPSA) is 67.7 Å².